The molecule has 0 aromatic heterocycles. The van der Waals surface area contributed by atoms with Crippen molar-refractivity contribution in [2.75, 3.05) is 44.9 Å². The predicted molar refractivity (Wildman–Crippen MR) is 127 cm³/mol. The van der Waals surface area contributed by atoms with Gasteiger partial charge in [0, 0.05) is 43.0 Å². The van der Waals surface area contributed by atoms with Crippen molar-refractivity contribution in [2.45, 2.75) is 24.2 Å². The number of ketones is 1. The summed E-state index contributed by atoms with van der Waals surface area (Å²) >= 11 is 0. The smallest absolute Gasteiger partial charge is 0.341 e. The Bertz CT molecular complexity index is 1300. The van der Waals surface area contributed by atoms with Gasteiger partial charge in [0.25, 0.3) is 0 Å². The highest BCUT2D eigenvalue weighted by Crippen LogP contribution is 2.46. The molecular weight excluding hydrogens is 475 g/mol. The van der Waals surface area contributed by atoms with Gasteiger partial charge in [0.15, 0.2) is 12.4 Å². The molecule has 35 heavy (non-hydrogen) atoms. The molecule has 0 atom stereocenters. The molecule has 1 fully saturated rings. The molecule has 0 N–H and O–H groups in total. The monoisotopic (exact) mass is 502 g/mol. The molecule has 8 nitrogen and oxygen atoms in total. The quantitative estimate of drug-likeness (QED) is 0.443. The lowest BCUT2D eigenvalue weighted by Crippen LogP contribution is -2.40. The van der Waals surface area contributed by atoms with Crippen LogP contribution in [-0.4, -0.2) is 64.4 Å². The maximum Gasteiger partial charge on any atom is 0.341 e. The van der Waals surface area contributed by atoms with Crippen LogP contribution in [0.1, 0.15) is 29.8 Å². The third-order valence-corrected chi connectivity index (χ3v) is 8.24. The number of nitrogens with zero attached hydrogens (tertiary/aromatic N) is 2. The van der Waals surface area contributed by atoms with Crippen LogP contribution >= 0.6 is 0 Å². The van der Waals surface area contributed by atoms with Crippen LogP contribution < -0.4 is 4.90 Å². The number of rotatable bonds is 6. The summed E-state index contributed by atoms with van der Waals surface area (Å²) in [5.74, 6) is -2.52. The van der Waals surface area contributed by atoms with Gasteiger partial charge in [0.2, 0.25) is 10.0 Å². The van der Waals surface area contributed by atoms with E-state index in [4.69, 9.17) is 9.47 Å². The van der Waals surface area contributed by atoms with Crippen LogP contribution in [0.5, 0.6) is 0 Å². The second-order valence-corrected chi connectivity index (χ2v) is 10.9. The SMILES string of the molecule is CN1/C(=C/C(=O)COC(=O)c2cc(S(=O)(=O)N3CCOCC3)ccc2F)C(C)(C)c2ccccc21. The Morgan fingerprint density at radius 3 is 2.51 bits per heavy atom. The first-order chi connectivity index (χ1) is 16.5. The van der Waals surface area contributed by atoms with Gasteiger partial charge in [-0.25, -0.2) is 17.6 Å². The number of para-hydroxylation sites is 1. The van der Waals surface area contributed by atoms with Crippen molar-refractivity contribution in [3.05, 3.63) is 71.2 Å². The molecule has 2 heterocycles. The minimum atomic E-state index is -3.93. The molecule has 0 bridgehead atoms. The van der Waals surface area contributed by atoms with E-state index in [9.17, 15) is 22.4 Å². The predicted octanol–water partition coefficient (Wildman–Crippen LogP) is 2.88. The summed E-state index contributed by atoms with van der Waals surface area (Å²) in [5.41, 5.74) is 1.81. The lowest BCUT2D eigenvalue weighted by molar-refractivity contribution is -0.117. The Hall–Kier alpha value is -3.08. The number of fused-ring (bicyclic) bond motifs is 1. The van der Waals surface area contributed by atoms with Crippen molar-refractivity contribution >= 4 is 27.5 Å². The summed E-state index contributed by atoms with van der Waals surface area (Å²) in [6.45, 7) is 4.22. The topological polar surface area (TPSA) is 93.2 Å². The van der Waals surface area contributed by atoms with Gasteiger partial charge in [-0.05, 0) is 29.8 Å². The maximum absolute atomic E-state index is 14.4. The molecule has 10 heteroatoms. The molecule has 4 rings (SSSR count). The van der Waals surface area contributed by atoms with E-state index < -0.39 is 45.2 Å². The second kappa shape index (κ2) is 9.52. The Labute approximate surface area is 204 Å². The fraction of sp³-hybridized carbons (Fsp3) is 0.360. The maximum atomic E-state index is 14.4. The third kappa shape index (κ3) is 4.73. The first-order valence-corrected chi connectivity index (χ1v) is 12.6. The Kier molecular flexibility index (Phi) is 6.81. The van der Waals surface area contributed by atoms with Crippen molar-refractivity contribution in [1.29, 1.82) is 0 Å². The number of sulfonamides is 1. The molecule has 0 unspecified atom stereocenters. The molecule has 2 aromatic carbocycles. The zero-order chi connectivity index (χ0) is 25.4. The molecule has 0 aliphatic carbocycles. The summed E-state index contributed by atoms with van der Waals surface area (Å²) in [7, 11) is -2.07. The standard InChI is InChI=1S/C25H27FN2O6S/c1-25(2)20-6-4-5-7-22(20)27(3)23(25)14-17(29)16-34-24(30)19-15-18(8-9-21(19)26)35(31,32)28-10-12-33-13-11-28/h4-9,14-15H,10-13,16H2,1-3H3/b23-14+. The fourth-order valence-corrected chi connectivity index (χ4v) is 5.86. The first kappa shape index (κ1) is 25.0. The van der Waals surface area contributed by atoms with Crippen molar-refractivity contribution in [3.63, 3.8) is 0 Å². The van der Waals surface area contributed by atoms with Gasteiger partial charge in [0.1, 0.15) is 5.82 Å². The van der Waals surface area contributed by atoms with E-state index in [1.165, 1.54) is 10.4 Å². The average molecular weight is 503 g/mol. The van der Waals surface area contributed by atoms with E-state index >= 15 is 0 Å². The number of esters is 1. The van der Waals surface area contributed by atoms with E-state index in [0.717, 1.165) is 35.1 Å². The lowest BCUT2D eigenvalue weighted by Gasteiger charge is -2.26. The minimum Gasteiger partial charge on any atom is -0.454 e. The molecule has 2 aliphatic rings. The number of carbonyl (C=O) groups excluding carboxylic acids is 2. The van der Waals surface area contributed by atoms with Crippen LogP contribution in [-0.2, 0) is 29.7 Å². The highest BCUT2D eigenvalue weighted by atomic mass is 32.2. The van der Waals surface area contributed by atoms with Crippen molar-refractivity contribution in [2.24, 2.45) is 0 Å². The first-order valence-electron chi connectivity index (χ1n) is 11.2. The zero-order valence-electron chi connectivity index (χ0n) is 19.8. The van der Waals surface area contributed by atoms with Gasteiger partial charge in [-0.2, -0.15) is 4.31 Å². The number of carbonyl (C=O) groups is 2. The van der Waals surface area contributed by atoms with E-state index in [0.29, 0.717) is 0 Å². The molecule has 0 radical (unpaired) electrons. The fourth-order valence-electron chi connectivity index (χ4n) is 4.42. The van der Waals surface area contributed by atoms with Gasteiger partial charge >= 0.3 is 5.97 Å². The Balaban J connectivity index is 1.48. The number of allylic oxidation sites excluding steroid dienone is 1. The number of hydrogen-bond donors (Lipinski definition) is 0. The van der Waals surface area contributed by atoms with E-state index in [2.05, 4.69) is 0 Å². The second-order valence-electron chi connectivity index (χ2n) is 8.93. The molecular formula is C25H27FN2O6S. The summed E-state index contributed by atoms with van der Waals surface area (Å²) in [6.07, 6.45) is 1.42. The van der Waals surface area contributed by atoms with Gasteiger partial charge in [-0.15, -0.1) is 0 Å². The Morgan fingerprint density at radius 1 is 1.14 bits per heavy atom. The average Bonchev–Trinajstić information content (AvgIpc) is 3.04. The number of likely N-dealkylation sites (N-methyl/N-ethyl adjacent to an activating group) is 1. The number of anilines is 1. The van der Waals surface area contributed by atoms with Gasteiger partial charge in [-0.1, -0.05) is 32.0 Å². The lowest BCUT2D eigenvalue weighted by atomic mass is 9.83. The van der Waals surface area contributed by atoms with Crippen molar-refractivity contribution in [3.8, 4) is 0 Å². The number of benzene rings is 2. The molecule has 0 spiro atoms. The minimum absolute atomic E-state index is 0.164. The number of ether oxygens (including phenoxy) is 2. The summed E-state index contributed by atoms with van der Waals surface area (Å²) in [5, 5.41) is 0. The molecule has 0 amide bonds. The van der Waals surface area contributed by atoms with Crippen LogP contribution in [0, 0.1) is 5.82 Å². The Morgan fingerprint density at radius 2 is 1.83 bits per heavy atom. The normalized spacial score (nSPS) is 19.0. The number of hydrogen-bond acceptors (Lipinski definition) is 7. The molecule has 2 aliphatic heterocycles. The number of morpholine rings is 1. The highest BCUT2D eigenvalue weighted by Gasteiger charge is 2.38. The van der Waals surface area contributed by atoms with Crippen LogP contribution in [0.25, 0.3) is 0 Å². The van der Waals surface area contributed by atoms with E-state index in [1.54, 1.807) is 0 Å². The van der Waals surface area contributed by atoms with Gasteiger partial charge in [0.05, 0.1) is 23.7 Å². The van der Waals surface area contributed by atoms with Crippen molar-refractivity contribution in [1.82, 2.24) is 4.31 Å². The van der Waals surface area contributed by atoms with Crippen molar-refractivity contribution < 1.29 is 31.9 Å². The third-order valence-electron chi connectivity index (χ3n) is 6.35. The number of halogens is 1. The largest absolute Gasteiger partial charge is 0.454 e. The van der Waals surface area contributed by atoms with Crippen LogP contribution in [0.3, 0.4) is 0 Å². The zero-order valence-corrected chi connectivity index (χ0v) is 20.6. The molecule has 1 saturated heterocycles. The van der Waals surface area contributed by atoms with Gasteiger partial charge in [-0.3, -0.25) is 4.79 Å². The summed E-state index contributed by atoms with van der Waals surface area (Å²) < 4.78 is 51.5. The van der Waals surface area contributed by atoms with E-state index in [1.807, 2.05) is 50.1 Å². The summed E-state index contributed by atoms with van der Waals surface area (Å²) in [6, 6.07) is 10.8. The molecule has 2 aromatic rings. The van der Waals surface area contributed by atoms with Gasteiger partial charge < -0.3 is 14.4 Å². The molecule has 186 valence electrons. The van der Waals surface area contributed by atoms with Crippen LogP contribution in [0.4, 0.5) is 10.1 Å². The summed E-state index contributed by atoms with van der Waals surface area (Å²) in [4.78, 5) is 26.9. The van der Waals surface area contributed by atoms with Crippen LogP contribution in [0.15, 0.2) is 59.1 Å². The van der Waals surface area contributed by atoms with E-state index in [-0.39, 0.29) is 31.2 Å². The highest BCUT2D eigenvalue weighted by molar-refractivity contribution is 7.89. The molecule has 0 saturated carbocycles. The van der Waals surface area contributed by atoms with Crippen LogP contribution in [0.2, 0.25) is 0 Å².